The fraction of sp³-hybridized carbons (Fsp3) is 0.812. The molecular weight excluding hydrogens is 264 g/mol. The summed E-state index contributed by atoms with van der Waals surface area (Å²) >= 11 is 0. The topological polar surface area (TPSA) is 33.5 Å². The van der Waals surface area contributed by atoms with Gasteiger partial charge in [0.05, 0.1) is 18.9 Å². The zero-order valence-electron chi connectivity index (χ0n) is 12.9. The van der Waals surface area contributed by atoms with Crippen LogP contribution in [0, 0.1) is 5.92 Å². The third-order valence-electron chi connectivity index (χ3n) is 5.14. The molecule has 1 saturated carbocycles. The largest absolute Gasteiger partial charge is 0.375 e. The first-order valence-corrected chi connectivity index (χ1v) is 8.33. The van der Waals surface area contributed by atoms with Crippen LogP contribution in [0.2, 0.25) is 0 Å². The van der Waals surface area contributed by atoms with E-state index in [0.717, 1.165) is 38.7 Å². The number of aryl methyl sites for hydroxylation is 1. The van der Waals surface area contributed by atoms with Crippen molar-refractivity contribution < 1.29 is 4.74 Å². The molecule has 2 saturated heterocycles. The Morgan fingerprint density at radius 1 is 1.29 bits per heavy atom. The lowest BCUT2D eigenvalue weighted by Crippen LogP contribution is -2.60. The van der Waals surface area contributed by atoms with Crippen molar-refractivity contribution in [1.82, 2.24) is 19.6 Å². The normalized spacial score (nSPS) is 31.3. The standard InChI is InChI=1S/C16H26N4O/c1-18-9-14(8-17-18)10-19-5-4-16-15(12-19)20(6-7-21-16)11-13-2-3-13/h8-9,13,15-16H,2-7,10-12H2,1H3/t15-,16-/m1/s1. The first-order chi connectivity index (χ1) is 10.3. The molecule has 0 aromatic carbocycles. The zero-order valence-corrected chi connectivity index (χ0v) is 12.9. The molecule has 3 heterocycles. The predicted molar refractivity (Wildman–Crippen MR) is 80.9 cm³/mol. The van der Waals surface area contributed by atoms with E-state index in [2.05, 4.69) is 21.1 Å². The zero-order chi connectivity index (χ0) is 14.2. The lowest BCUT2D eigenvalue weighted by Gasteiger charge is -2.47. The van der Waals surface area contributed by atoms with E-state index in [1.54, 1.807) is 0 Å². The Kier molecular flexibility index (Phi) is 3.73. The average molecular weight is 290 g/mol. The van der Waals surface area contributed by atoms with Gasteiger partial charge < -0.3 is 4.74 Å². The van der Waals surface area contributed by atoms with E-state index < -0.39 is 0 Å². The molecule has 0 spiro atoms. The van der Waals surface area contributed by atoms with Crippen LogP contribution in [-0.2, 0) is 18.3 Å². The lowest BCUT2D eigenvalue weighted by molar-refractivity contribution is -0.105. The number of ether oxygens (including phenoxy) is 1. The molecule has 0 unspecified atom stereocenters. The van der Waals surface area contributed by atoms with Crippen LogP contribution in [-0.4, -0.2) is 64.5 Å². The van der Waals surface area contributed by atoms with Crippen LogP contribution in [0.5, 0.6) is 0 Å². The van der Waals surface area contributed by atoms with Crippen molar-refractivity contribution in [3.63, 3.8) is 0 Å². The van der Waals surface area contributed by atoms with E-state index in [4.69, 9.17) is 4.74 Å². The highest BCUT2D eigenvalue weighted by Crippen LogP contribution is 2.33. The summed E-state index contributed by atoms with van der Waals surface area (Å²) in [5.41, 5.74) is 1.32. The summed E-state index contributed by atoms with van der Waals surface area (Å²) in [4.78, 5) is 5.29. The number of piperidine rings is 1. The number of nitrogens with zero attached hydrogens (tertiary/aromatic N) is 4. The molecule has 0 radical (unpaired) electrons. The van der Waals surface area contributed by atoms with Gasteiger partial charge in [-0.15, -0.1) is 0 Å². The van der Waals surface area contributed by atoms with Crippen molar-refractivity contribution in [1.29, 1.82) is 0 Å². The summed E-state index contributed by atoms with van der Waals surface area (Å²) in [6.07, 6.45) is 8.63. The number of hydrogen-bond donors (Lipinski definition) is 0. The highest BCUT2D eigenvalue weighted by atomic mass is 16.5. The quantitative estimate of drug-likeness (QED) is 0.832. The Hall–Kier alpha value is -0.910. The molecular formula is C16H26N4O. The van der Waals surface area contributed by atoms with E-state index in [0.29, 0.717) is 12.1 Å². The molecule has 4 rings (SSSR count). The molecule has 5 nitrogen and oxygen atoms in total. The van der Waals surface area contributed by atoms with Crippen LogP contribution < -0.4 is 0 Å². The monoisotopic (exact) mass is 290 g/mol. The van der Waals surface area contributed by atoms with Gasteiger partial charge in [0.1, 0.15) is 0 Å². The summed E-state index contributed by atoms with van der Waals surface area (Å²) in [5.74, 6) is 0.970. The van der Waals surface area contributed by atoms with Crippen molar-refractivity contribution in [2.24, 2.45) is 13.0 Å². The van der Waals surface area contributed by atoms with E-state index >= 15 is 0 Å². The molecule has 0 amide bonds. The second kappa shape index (κ2) is 5.71. The summed E-state index contributed by atoms with van der Waals surface area (Å²) in [6.45, 7) is 6.66. The first kappa shape index (κ1) is 13.7. The highest BCUT2D eigenvalue weighted by molar-refractivity contribution is 5.04. The molecule has 0 N–H and O–H groups in total. The minimum Gasteiger partial charge on any atom is -0.375 e. The number of hydrogen-bond acceptors (Lipinski definition) is 4. The van der Waals surface area contributed by atoms with Gasteiger partial charge in [-0.2, -0.15) is 5.10 Å². The fourth-order valence-corrected chi connectivity index (χ4v) is 3.82. The van der Waals surface area contributed by atoms with Crippen molar-refractivity contribution in [3.05, 3.63) is 18.0 Å². The molecule has 1 aliphatic carbocycles. The molecule has 2 aliphatic heterocycles. The van der Waals surface area contributed by atoms with Crippen LogP contribution in [0.25, 0.3) is 0 Å². The summed E-state index contributed by atoms with van der Waals surface area (Å²) in [5, 5.41) is 4.28. The van der Waals surface area contributed by atoms with E-state index in [9.17, 15) is 0 Å². The van der Waals surface area contributed by atoms with E-state index in [-0.39, 0.29) is 0 Å². The molecule has 3 fully saturated rings. The SMILES string of the molecule is Cn1cc(CN2CC[C@H]3OCCN(CC4CC4)[C@@H]3C2)cn1. The van der Waals surface area contributed by atoms with Crippen molar-refractivity contribution in [2.45, 2.75) is 38.0 Å². The van der Waals surface area contributed by atoms with Gasteiger partial charge in [0.25, 0.3) is 0 Å². The van der Waals surface area contributed by atoms with Gasteiger partial charge in [-0.3, -0.25) is 14.5 Å². The number of fused-ring (bicyclic) bond motifs is 1. The van der Waals surface area contributed by atoms with E-state index in [1.165, 1.54) is 31.4 Å². The average Bonchev–Trinajstić information content (AvgIpc) is 3.21. The van der Waals surface area contributed by atoms with Gasteiger partial charge in [-0.05, 0) is 25.2 Å². The molecule has 3 aliphatic rings. The van der Waals surface area contributed by atoms with Crippen LogP contribution in [0.15, 0.2) is 12.4 Å². The Bertz CT molecular complexity index is 484. The van der Waals surface area contributed by atoms with Gasteiger partial charge in [0, 0.05) is 57.6 Å². The molecule has 2 atom stereocenters. The Morgan fingerprint density at radius 2 is 2.19 bits per heavy atom. The van der Waals surface area contributed by atoms with Crippen molar-refractivity contribution in [3.8, 4) is 0 Å². The molecule has 1 aromatic rings. The third-order valence-corrected chi connectivity index (χ3v) is 5.14. The predicted octanol–water partition coefficient (Wildman–Crippen LogP) is 1.11. The van der Waals surface area contributed by atoms with Gasteiger partial charge >= 0.3 is 0 Å². The fourth-order valence-electron chi connectivity index (χ4n) is 3.82. The Labute approximate surface area is 126 Å². The van der Waals surface area contributed by atoms with Crippen molar-refractivity contribution >= 4 is 0 Å². The summed E-state index contributed by atoms with van der Waals surface area (Å²) < 4.78 is 7.93. The second-order valence-corrected chi connectivity index (χ2v) is 6.96. The lowest BCUT2D eigenvalue weighted by atomic mass is 9.98. The molecule has 116 valence electrons. The number of morpholine rings is 1. The van der Waals surface area contributed by atoms with Crippen molar-refractivity contribution in [2.75, 3.05) is 32.8 Å². The minimum atomic E-state index is 0.461. The number of likely N-dealkylation sites (tertiary alicyclic amines) is 1. The Morgan fingerprint density at radius 3 is 2.95 bits per heavy atom. The first-order valence-electron chi connectivity index (χ1n) is 8.33. The van der Waals surface area contributed by atoms with Crippen LogP contribution in [0.1, 0.15) is 24.8 Å². The van der Waals surface area contributed by atoms with Gasteiger partial charge in [-0.25, -0.2) is 0 Å². The third kappa shape index (κ3) is 3.15. The maximum absolute atomic E-state index is 6.03. The van der Waals surface area contributed by atoms with Gasteiger partial charge in [0.2, 0.25) is 0 Å². The van der Waals surface area contributed by atoms with Gasteiger partial charge in [-0.1, -0.05) is 0 Å². The van der Waals surface area contributed by atoms with Gasteiger partial charge in [0.15, 0.2) is 0 Å². The number of rotatable bonds is 4. The smallest absolute Gasteiger partial charge is 0.0755 e. The molecule has 1 aromatic heterocycles. The second-order valence-electron chi connectivity index (χ2n) is 6.96. The molecule has 21 heavy (non-hydrogen) atoms. The van der Waals surface area contributed by atoms with E-state index in [1.807, 2.05) is 17.9 Å². The number of aromatic nitrogens is 2. The molecule has 0 bridgehead atoms. The molecule has 5 heteroatoms. The maximum atomic E-state index is 6.03. The maximum Gasteiger partial charge on any atom is 0.0755 e. The van der Waals surface area contributed by atoms with Crippen LogP contribution in [0.3, 0.4) is 0 Å². The summed E-state index contributed by atoms with van der Waals surface area (Å²) in [6, 6.07) is 0.602. The summed E-state index contributed by atoms with van der Waals surface area (Å²) in [7, 11) is 1.99. The highest BCUT2D eigenvalue weighted by Gasteiger charge is 2.38. The van der Waals surface area contributed by atoms with Crippen LogP contribution in [0.4, 0.5) is 0 Å². The minimum absolute atomic E-state index is 0.461. The Balaban J connectivity index is 1.40. The van der Waals surface area contributed by atoms with Crippen LogP contribution >= 0.6 is 0 Å².